The zero-order valence-electron chi connectivity index (χ0n) is 19.9. The van der Waals surface area contributed by atoms with Gasteiger partial charge in [0.15, 0.2) is 10.7 Å². The highest BCUT2D eigenvalue weighted by molar-refractivity contribution is 7.80. The van der Waals surface area contributed by atoms with Gasteiger partial charge < -0.3 is 10.2 Å². The zero-order chi connectivity index (χ0) is 25.4. The van der Waals surface area contributed by atoms with Gasteiger partial charge in [0.05, 0.1) is 12.2 Å². The van der Waals surface area contributed by atoms with Crippen LogP contribution >= 0.6 is 12.2 Å². The average molecular weight is 505 g/mol. The maximum atomic E-state index is 14.5. The molecule has 6 nitrogen and oxygen atoms in total. The lowest BCUT2D eigenvalue weighted by Gasteiger charge is -2.33. The Bertz CT molecular complexity index is 1480. The fourth-order valence-electron chi connectivity index (χ4n) is 5.31. The molecule has 2 N–H and O–H groups in total. The highest BCUT2D eigenvalue weighted by atomic mass is 32.1. The number of hydrazine groups is 1. The van der Waals surface area contributed by atoms with Gasteiger partial charge in [-0.15, -0.1) is 0 Å². The molecule has 0 unspecified atom stereocenters. The van der Waals surface area contributed by atoms with Gasteiger partial charge in [-0.05, 0) is 41.5 Å². The van der Waals surface area contributed by atoms with E-state index in [0.717, 1.165) is 22.4 Å². The van der Waals surface area contributed by atoms with Gasteiger partial charge in [0.25, 0.3) is 11.8 Å². The topological polar surface area (TPSA) is 64.7 Å². The Morgan fingerprint density at radius 1 is 0.838 bits per heavy atom. The van der Waals surface area contributed by atoms with Crippen LogP contribution in [0.25, 0.3) is 0 Å². The summed E-state index contributed by atoms with van der Waals surface area (Å²) in [5, 5.41) is 5.26. The van der Waals surface area contributed by atoms with Crippen molar-refractivity contribution in [3.63, 3.8) is 0 Å². The fourth-order valence-corrected chi connectivity index (χ4v) is 5.62. The Morgan fingerprint density at radius 2 is 1.43 bits per heavy atom. The maximum absolute atomic E-state index is 14.5. The van der Waals surface area contributed by atoms with Gasteiger partial charge in [-0.1, -0.05) is 97.1 Å². The van der Waals surface area contributed by atoms with Gasteiger partial charge in [0.2, 0.25) is 0 Å². The second-order valence-corrected chi connectivity index (χ2v) is 9.51. The third kappa shape index (κ3) is 3.75. The molecular formula is C30H24N4O2S. The van der Waals surface area contributed by atoms with Crippen LogP contribution in [-0.4, -0.2) is 21.9 Å². The van der Waals surface area contributed by atoms with E-state index in [4.69, 9.17) is 12.2 Å². The lowest BCUT2D eigenvalue weighted by Crippen LogP contribution is -2.51. The van der Waals surface area contributed by atoms with Crippen LogP contribution in [0, 0.1) is 0 Å². The number of anilines is 1. The lowest BCUT2D eigenvalue weighted by atomic mass is 9.81. The van der Waals surface area contributed by atoms with E-state index in [1.54, 1.807) is 22.0 Å². The van der Waals surface area contributed by atoms with Crippen molar-refractivity contribution in [1.82, 2.24) is 15.8 Å². The standard InChI is InChI=1S/C30H24N4O2S/c35-27(23-16-8-3-9-17-23)32-34-26(22-14-6-2-7-15-22)30(31-29(34)37)24-18-10-11-19-25(24)33(28(30)36)20-21-12-4-1-5-13-21/h1-19,26H,20H2,(H,31,37)(H,32,35)/t26-,30+/m0/s1. The number of hydrogen-bond donors (Lipinski definition) is 2. The number of rotatable bonds is 5. The summed E-state index contributed by atoms with van der Waals surface area (Å²) < 4.78 is 0. The quantitative estimate of drug-likeness (QED) is 0.386. The van der Waals surface area contributed by atoms with Crippen LogP contribution in [0.15, 0.2) is 115 Å². The summed E-state index contributed by atoms with van der Waals surface area (Å²) in [6.07, 6.45) is 0. The predicted octanol–water partition coefficient (Wildman–Crippen LogP) is 4.71. The highest BCUT2D eigenvalue weighted by Crippen LogP contribution is 2.52. The molecule has 6 rings (SSSR count). The summed E-state index contributed by atoms with van der Waals surface area (Å²) in [5.74, 6) is -0.423. The summed E-state index contributed by atoms with van der Waals surface area (Å²) in [7, 11) is 0. The molecule has 4 aromatic rings. The largest absolute Gasteiger partial charge is 0.341 e. The Labute approximate surface area is 220 Å². The molecule has 1 fully saturated rings. The molecule has 0 saturated carbocycles. The van der Waals surface area contributed by atoms with Crippen LogP contribution < -0.4 is 15.6 Å². The molecule has 1 saturated heterocycles. The smallest absolute Gasteiger partial charge is 0.269 e. The highest BCUT2D eigenvalue weighted by Gasteiger charge is 2.63. The van der Waals surface area contributed by atoms with Gasteiger partial charge in [-0.3, -0.25) is 15.0 Å². The Morgan fingerprint density at radius 3 is 2.14 bits per heavy atom. The summed E-state index contributed by atoms with van der Waals surface area (Å²) >= 11 is 5.77. The van der Waals surface area contributed by atoms with Crippen molar-refractivity contribution in [2.24, 2.45) is 0 Å². The number of nitrogens with zero attached hydrogens (tertiary/aromatic N) is 2. The molecule has 4 aromatic carbocycles. The Hall–Kier alpha value is -4.49. The van der Waals surface area contributed by atoms with Crippen LogP contribution in [-0.2, 0) is 16.9 Å². The number of amides is 2. The minimum Gasteiger partial charge on any atom is -0.341 e. The first kappa shape index (κ1) is 22.9. The van der Waals surface area contributed by atoms with Crippen LogP contribution in [0.4, 0.5) is 5.69 Å². The fraction of sp³-hybridized carbons (Fsp3) is 0.100. The van der Waals surface area contributed by atoms with Crippen molar-refractivity contribution < 1.29 is 9.59 Å². The SMILES string of the molecule is O=C(NN1C(=S)N[C@@]2(C(=O)N(Cc3ccccc3)c3ccccc32)[C@@H]1c1ccccc1)c1ccccc1. The first-order valence-electron chi connectivity index (χ1n) is 12.1. The molecule has 0 aromatic heterocycles. The summed E-state index contributed by atoms with van der Waals surface area (Å²) in [4.78, 5) is 29.5. The van der Waals surface area contributed by atoms with E-state index in [2.05, 4.69) is 10.7 Å². The summed E-state index contributed by atoms with van der Waals surface area (Å²) in [6, 6.07) is 35.7. The van der Waals surface area contributed by atoms with E-state index < -0.39 is 11.6 Å². The van der Waals surface area contributed by atoms with E-state index >= 15 is 0 Å². The van der Waals surface area contributed by atoms with Crippen molar-refractivity contribution in [1.29, 1.82) is 0 Å². The molecule has 0 radical (unpaired) electrons. The lowest BCUT2D eigenvalue weighted by molar-refractivity contribution is -0.125. The molecule has 2 atom stereocenters. The average Bonchev–Trinajstić information content (AvgIpc) is 3.36. The van der Waals surface area contributed by atoms with Crippen LogP contribution in [0.1, 0.15) is 33.1 Å². The minimum atomic E-state index is -1.21. The molecule has 7 heteroatoms. The van der Waals surface area contributed by atoms with E-state index in [1.807, 2.05) is 103 Å². The third-order valence-corrected chi connectivity index (χ3v) is 7.25. The predicted molar refractivity (Wildman–Crippen MR) is 146 cm³/mol. The molecule has 2 aliphatic heterocycles. The molecule has 0 aliphatic carbocycles. The molecule has 2 amide bonds. The minimum absolute atomic E-state index is 0.120. The number of carbonyl (C=O) groups excluding carboxylic acids is 2. The third-order valence-electron chi connectivity index (χ3n) is 6.95. The summed E-state index contributed by atoms with van der Waals surface area (Å²) in [5.41, 5.74) is 5.79. The molecule has 0 bridgehead atoms. The van der Waals surface area contributed by atoms with E-state index in [-0.39, 0.29) is 16.9 Å². The van der Waals surface area contributed by atoms with Crippen molar-refractivity contribution in [2.45, 2.75) is 18.1 Å². The first-order chi connectivity index (χ1) is 18.1. The number of benzene rings is 4. The molecular weight excluding hydrogens is 480 g/mol. The van der Waals surface area contributed by atoms with Crippen molar-refractivity contribution in [2.75, 3.05) is 4.90 Å². The van der Waals surface area contributed by atoms with E-state index in [0.29, 0.717) is 12.1 Å². The maximum Gasteiger partial charge on any atom is 0.269 e. The number of fused-ring (bicyclic) bond motifs is 2. The van der Waals surface area contributed by atoms with Crippen molar-refractivity contribution in [3.8, 4) is 0 Å². The van der Waals surface area contributed by atoms with Crippen LogP contribution in [0.3, 0.4) is 0 Å². The molecule has 2 aliphatic rings. The number of carbonyl (C=O) groups is 2. The Kier molecular flexibility index (Phi) is 5.70. The van der Waals surface area contributed by atoms with Gasteiger partial charge in [0.1, 0.15) is 6.04 Å². The summed E-state index contributed by atoms with van der Waals surface area (Å²) in [6.45, 7) is 0.421. The van der Waals surface area contributed by atoms with Crippen LogP contribution in [0.5, 0.6) is 0 Å². The van der Waals surface area contributed by atoms with Crippen molar-refractivity contribution in [3.05, 3.63) is 138 Å². The number of thiocarbonyl (C=S) groups is 1. The van der Waals surface area contributed by atoms with Gasteiger partial charge >= 0.3 is 0 Å². The molecule has 182 valence electrons. The van der Waals surface area contributed by atoms with Gasteiger partial charge in [-0.25, -0.2) is 5.01 Å². The van der Waals surface area contributed by atoms with E-state index in [9.17, 15) is 9.59 Å². The first-order valence-corrected chi connectivity index (χ1v) is 12.5. The second-order valence-electron chi connectivity index (χ2n) is 9.12. The monoisotopic (exact) mass is 504 g/mol. The van der Waals surface area contributed by atoms with Gasteiger partial charge in [-0.2, -0.15) is 0 Å². The number of hydrogen-bond acceptors (Lipinski definition) is 3. The normalized spacial score (nSPS) is 20.2. The van der Waals surface area contributed by atoms with Crippen molar-refractivity contribution >= 4 is 34.8 Å². The number of para-hydroxylation sites is 1. The Balaban J connectivity index is 1.47. The van der Waals surface area contributed by atoms with E-state index in [1.165, 1.54) is 0 Å². The number of nitrogens with one attached hydrogen (secondary N) is 2. The van der Waals surface area contributed by atoms with Crippen LogP contribution in [0.2, 0.25) is 0 Å². The van der Waals surface area contributed by atoms with Gasteiger partial charge in [0, 0.05) is 11.1 Å². The molecule has 1 spiro atoms. The molecule has 2 heterocycles. The molecule has 37 heavy (non-hydrogen) atoms. The zero-order valence-corrected chi connectivity index (χ0v) is 20.7. The second kappa shape index (κ2) is 9.19.